The normalized spacial score (nSPS) is 17.0. The third-order valence-corrected chi connectivity index (χ3v) is 21.1. The van der Waals surface area contributed by atoms with Crippen molar-refractivity contribution in [3.63, 3.8) is 0 Å². The van der Waals surface area contributed by atoms with Crippen molar-refractivity contribution >= 4 is 130 Å². The second kappa shape index (κ2) is 56.5. The largest absolute Gasteiger partial charge is 0.481 e. The average Bonchev–Trinajstić information content (AvgIpc) is 1.64. The standard InChI is InChI=1S/C47H68N8O15.C39H61N7O12/c1-9-14-32(40(61)45(66)48-23-37(60)69-21-10-2)51-43(64)35-22-31(50-47(68)70-25-30-15-12-11-13-16-30)24-55(35)46(67)39(27(5)6)54-44(65)38(26(3)4)53-42(63)34(18-17-28(7)56)52-41(62)33(49-29(8)57)19-20-36(58)59;1-6-12-25(33(52)38(57)40-20-7-2)42-36(55)28-15-11-21-46(28)39(58)32(24-13-9-8-10-14-24)45-37(56)31(22(3)4)44-35(54)27(17-19-30(50)51)43-34(53)26(41-23(5)47)16-18-29(48)49/h10-13,15-16,26-27,31-35,38-39H,2,9,14,17-25H2,1,3-8H3,(H,48,66)(H,49,57)(H,50,68)(H,51,64)(H,52,62)(H,53,63)(H,54,65)(H,58,59);7,22,24-28,31-32H,2,6,8-21H2,1,3-5H3,(H,40,57)(H,41,47)(H,42,55)(H,43,53)(H,44,54)(H,45,56)(H,48,49)(H,50,51)/t31-,32?,33?,34?,35+,38?,39?;/m1./s1. The number of hydrogen-bond donors (Lipinski definition) is 16. The van der Waals surface area contributed by atoms with Crippen LogP contribution in [0.1, 0.15) is 210 Å². The number of alkyl carbamates (subject to hydrolysis) is 1. The Morgan fingerprint density at radius 2 is 0.906 bits per heavy atom. The molecule has 3 aliphatic rings. The minimum absolute atomic E-state index is 0.0139. The first-order valence-corrected chi connectivity index (χ1v) is 43.1. The van der Waals surface area contributed by atoms with E-state index in [0.717, 1.165) is 38.0 Å². The van der Waals surface area contributed by atoms with Gasteiger partial charge in [-0.25, -0.2) is 4.79 Å². The Labute approximate surface area is 743 Å². The first kappa shape index (κ1) is 110. The smallest absolute Gasteiger partial charge is 0.407 e. The van der Waals surface area contributed by atoms with E-state index in [9.17, 15) is 111 Å². The summed E-state index contributed by atoms with van der Waals surface area (Å²) in [5.74, 6) is -20.4. The molecule has 3 fully saturated rings. The van der Waals surface area contributed by atoms with Gasteiger partial charge in [0.1, 0.15) is 86.0 Å². The Bertz CT molecular complexity index is 4100. The number of aliphatic carboxylic acids is 3. The summed E-state index contributed by atoms with van der Waals surface area (Å²) in [5.41, 5.74) is 0.689. The van der Waals surface area contributed by atoms with Gasteiger partial charge < -0.3 is 109 Å². The second-order valence-electron chi connectivity index (χ2n) is 32.7. The van der Waals surface area contributed by atoms with E-state index in [1.807, 2.05) is 0 Å². The Balaban J connectivity index is 0.000000672. The third-order valence-electron chi connectivity index (χ3n) is 21.1. The van der Waals surface area contributed by atoms with Crippen LogP contribution in [0.2, 0.25) is 0 Å². The summed E-state index contributed by atoms with van der Waals surface area (Å²) in [7, 11) is 0. The topological polar surface area (TPSA) is 618 Å². The predicted octanol–water partition coefficient (Wildman–Crippen LogP) is 0.145. The SMILES string of the molecule is C=CCNC(=O)C(=O)C(CCC)NC(=O)C1CCCN1C(=O)C(NC(=O)C(NC(=O)C(CCC(=O)O)NC(=O)C(CCC(=O)O)NC(C)=O)C(C)C)C1CCCCC1.C=CCOC(=O)CNC(=O)C(=O)C(CCC)NC(=O)[C@@H]1C[C@@H](NC(=O)OCc2ccccc2)CN1C(=O)C(NC(=O)C(NC(=O)C(CCC(C)=O)NC(=O)C(CCC(=O)O)NC(C)=O)C(C)C)C(C)C. The van der Waals surface area contributed by atoms with Crippen molar-refractivity contribution < 1.29 is 130 Å². The van der Waals surface area contributed by atoms with Crippen LogP contribution in [0.4, 0.5) is 4.79 Å². The van der Waals surface area contributed by atoms with E-state index in [4.69, 9.17) is 19.7 Å². The first-order valence-electron chi connectivity index (χ1n) is 43.1. The molecule has 0 radical (unpaired) electrons. The van der Waals surface area contributed by atoms with Crippen LogP contribution in [0.15, 0.2) is 55.6 Å². The van der Waals surface area contributed by atoms with Crippen LogP contribution >= 0.6 is 0 Å². The maximum atomic E-state index is 14.7. The summed E-state index contributed by atoms with van der Waals surface area (Å²) >= 11 is 0. The molecule has 16 N–H and O–H groups in total. The van der Waals surface area contributed by atoms with E-state index >= 15 is 0 Å². The van der Waals surface area contributed by atoms with Gasteiger partial charge >= 0.3 is 30.0 Å². The molecule has 11 unspecified atom stereocenters. The number of rotatable bonds is 53. The zero-order chi connectivity index (χ0) is 96.2. The maximum Gasteiger partial charge on any atom is 0.407 e. The Morgan fingerprint density at radius 1 is 0.461 bits per heavy atom. The minimum atomic E-state index is -1.50. The fraction of sp³-hybridized carbons (Fsp3) is 0.628. The molecule has 1 aromatic rings. The molecule has 15 amide bonds. The number of carbonyl (C=O) groups is 22. The second-order valence-corrected chi connectivity index (χ2v) is 32.7. The van der Waals surface area contributed by atoms with E-state index in [2.05, 4.69) is 82.3 Å². The summed E-state index contributed by atoms with van der Waals surface area (Å²) < 4.78 is 10.2. The molecule has 1 aromatic carbocycles. The molecule has 0 spiro atoms. The molecule has 2 saturated heterocycles. The van der Waals surface area contributed by atoms with Crippen molar-refractivity contribution in [3.05, 3.63) is 61.2 Å². The number of nitrogens with one attached hydrogen (secondary N) is 13. The Hall–Kier alpha value is -12.6. The predicted molar refractivity (Wildman–Crippen MR) is 458 cm³/mol. The summed E-state index contributed by atoms with van der Waals surface area (Å²) in [6.07, 6.45) is 4.15. The molecule has 0 aromatic heterocycles. The van der Waals surface area contributed by atoms with Crippen molar-refractivity contribution in [2.45, 2.75) is 290 Å². The van der Waals surface area contributed by atoms with Crippen molar-refractivity contribution in [2.75, 3.05) is 32.8 Å². The van der Waals surface area contributed by atoms with Gasteiger partial charge in [-0.15, -0.1) is 6.58 Å². The average molecular weight is 1810 g/mol. The van der Waals surface area contributed by atoms with Gasteiger partial charge in [0.2, 0.25) is 82.5 Å². The number of carboxylic acids is 3. The molecule has 0 bridgehead atoms. The van der Waals surface area contributed by atoms with Gasteiger partial charge in [0.05, 0.1) is 18.1 Å². The highest BCUT2D eigenvalue weighted by molar-refractivity contribution is 6.39. The molecule has 2 aliphatic heterocycles. The van der Waals surface area contributed by atoms with Crippen LogP contribution in [0.3, 0.4) is 0 Å². The zero-order valence-corrected chi connectivity index (χ0v) is 74.7. The van der Waals surface area contributed by atoms with Crippen LogP contribution in [0, 0.1) is 23.7 Å². The van der Waals surface area contributed by atoms with E-state index in [-0.39, 0.29) is 95.9 Å². The zero-order valence-electron chi connectivity index (χ0n) is 74.7. The number of ketones is 3. The van der Waals surface area contributed by atoms with Gasteiger partial charge in [0.15, 0.2) is 0 Å². The maximum absolute atomic E-state index is 14.7. The van der Waals surface area contributed by atoms with Crippen LogP contribution in [0.25, 0.3) is 0 Å². The van der Waals surface area contributed by atoms with Gasteiger partial charge in [0.25, 0.3) is 11.8 Å². The lowest BCUT2D eigenvalue weighted by atomic mass is 9.83. The van der Waals surface area contributed by atoms with E-state index < -0.39 is 253 Å². The molecule has 42 nitrogen and oxygen atoms in total. The number of likely N-dealkylation sites (tertiary alicyclic amines) is 2. The van der Waals surface area contributed by atoms with Crippen LogP contribution in [-0.2, 0) is 117 Å². The van der Waals surface area contributed by atoms with E-state index in [1.165, 1.54) is 24.0 Å². The van der Waals surface area contributed by atoms with Crippen molar-refractivity contribution in [3.8, 4) is 0 Å². The number of Topliss-reactive ketones (excluding diaryl/α,β-unsaturated/α-hetero) is 3. The molecule has 4 rings (SSSR count). The molecular weight excluding hydrogens is 1680 g/mol. The molecule has 1 aliphatic carbocycles. The number of esters is 1. The first-order chi connectivity index (χ1) is 60.4. The summed E-state index contributed by atoms with van der Waals surface area (Å²) in [6.45, 7) is 22.7. The molecule has 710 valence electrons. The summed E-state index contributed by atoms with van der Waals surface area (Å²) in [4.78, 5) is 288. The monoisotopic (exact) mass is 1800 g/mol. The van der Waals surface area contributed by atoms with Gasteiger partial charge in [-0.2, -0.15) is 0 Å². The lowest BCUT2D eigenvalue weighted by Crippen LogP contribution is -2.61. The number of hydrogen-bond acceptors (Lipinski definition) is 24. The Kier molecular flexibility index (Phi) is 48.4. The summed E-state index contributed by atoms with van der Waals surface area (Å²) in [5, 5.41) is 60.3. The third kappa shape index (κ3) is 38.3. The van der Waals surface area contributed by atoms with Crippen LogP contribution < -0.4 is 69.1 Å². The number of carbonyl (C=O) groups excluding carboxylic acids is 19. The van der Waals surface area contributed by atoms with Crippen molar-refractivity contribution in [2.24, 2.45) is 23.7 Å². The van der Waals surface area contributed by atoms with Crippen LogP contribution in [-0.4, -0.2) is 266 Å². The molecule has 128 heavy (non-hydrogen) atoms. The molecule has 1 saturated carbocycles. The minimum Gasteiger partial charge on any atom is -0.481 e. The summed E-state index contributed by atoms with van der Waals surface area (Å²) in [6, 6.07) is -7.72. The highest BCUT2D eigenvalue weighted by atomic mass is 16.5. The van der Waals surface area contributed by atoms with Gasteiger partial charge in [0, 0.05) is 59.2 Å². The fourth-order valence-electron chi connectivity index (χ4n) is 14.4. The fourth-order valence-corrected chi connectivity index (χ4v) is 14.4. The van der Waals surface area contributed by atoms with Crippen molar-refractivity contribution in [1.82, 2.24) is 78.9 Å². The van der Waals surface area contributed by atoms with Crippen LogP contribution in [0.5, 0.6) is 0 Å². The quantitative estimate of drug-likeness (QED) is 0.0234. The van der Waals surface area contributed by atoms with E-state index in [1.54, 1.807) is 85.7 Å². The lowest BCUT2D eigenvalue weighted by Gasteiger charge is -2.36. The lowest BCUT2D eigenvalue weighted by molar-refractivity contribution is -0.146. The number of carboxylic acid groups (broad SMARTS) is 3. The number of ether oxygens (including phenoxy) is 2. The Morgan fingerprint density at radius 3 is 1.35 bits per heavy atom. The highest BCUT2D eigenvalue weighted by Gasteiger charge is 2.47. The number of amides is 15. The number of nitrogens with zero attached hydrogens (tertiary/aromatic N) is 2. The van der Waals surface area contributed by atoms with E-state index in [0.29, 0.717) is 37.7 Å². The molecule has 13 atom stereocenters. The van der Waals surface area contributed by atoms with Gasteiger partial charge in [-0.1, -0.05) is 137 Å². The van der Waals surface area contributed by atoms with Gasteiger partial charge in [-0.3, -0.25) is 95.9 Å². The van der Waals surface area contributed by atoms with Crippen molar-refractivity contribution in [1.29, 1.82) is 0 Å². The number of benzene rings is 1. The molecular formula is C86H129N15O27. The molecule has 42 heteroatoms. The highest BCUT2D eigenvalue weighted by Crippen LogP contribution is 2.31. The molecule has 2 heterocycles. The van der Waals surface area contributed by atoms with Gasteiger partial charge in [-0.05, 0) is 107 Å².